The average Bonchev–Trinajstić information content (AvgIpc) is 2.66. The number of nitrogens with zero attached hydrogens (tertiary/aromatic N) is 1. The summed E-state index contributed by atoms with van der Waals surface area (Å²) in [6, 6.07) is 17.3. The van der Waals surface area contributed by atoms with Gasteiger partial charge in [0.25, 0.3) is 5.91 Å². The van der Waals surface area contributed by atoms with Gasteiger partial charge >= 0.3 is 0 Å². The number of nitrogens with one attached hydrogen (secondary N) is 1. The van der Waals surface area contributed by atoms with Crippen molar-refractivity contribution >= 4 is 46.9 Å². The highest BCUT2D eigenvalue weighted by Crippen LogP contribution is 2.23. The second-order valence-electron chi connectivity index (χ2n) is 5.98. The fraction of sp³-hybridized carbons (Fsp3) is 0.0476. The Kier molecular flexibility index (Phi) is 6.57. The lowest BCUT2D eigenvalue weighted by Crippen LogP contribution is -2.18. The molecule has 0 aromatic heterocycles. The largest absolute Gasteiger partial charge is 0.507 e. The summed E-state index contributed by atoms with van der Waals surface area (Å²) in [7, 11) is 0. The molecule has 142 valence electrons. The van der Waals surface area contributed by atoms with Gasteiger partial charge in [-0.05, 0) is 53.9 Å². The SMILES string of the molecule is O=C(N/N=C\c1cc(Cc2ccccc2Cl)ccc1O)c1ccc(Cl)cc1Cl. The zero-order valence-corrected chi connectivity index (χ0v) is 16.8. The van der Waals surface area contributed by atoms with E-state index in [1.807, 2.05) is 30.3 Å². The van der Waals surface area contributed by atoms with E-state index in [-0.39, 0.29) is 16.3 Å². The predicted molar refractivity (Wildman–Crippen MR) is 114 cm³/mol. The molecule has 0 saturated heterocycles. The molecule has 4 nitrogen and oxygen atoms in total. The van der Waals surface area contributed by atoms with E-state index < -0.39 is 5.91 Å². The number of phenols is 1. The summed E-state index contributed by atoms with van der Waals surface area (Å²) in [4.78, 5) is 12.2. The summed E-state index contributed by atoms with van der Waals surface area (Å²) in [5, 5.41) is 15.3. The summed E-state index contributed by atoms with van der Waals surface area (Å²) in [5.74, 6) is -0.435. The molecule has 0 bridgehead atoms. The van der Waals surface area contributed by atoms with Gasteiger partial charge in [0.2, 0.25) is 0 Å². The van der Waals surface area contributed by atoms with E-state index in [2.05, 4.69) is 10.5 Å². The highest BCUT2D eigenvalue weighted by Gasteiger charge is 2.10. The molecule has 0 fully saturated rings. The first kappa shape index (κ1) is 20.2. The molecular formula is C21H15Cl3N2O2. The Morgan fingerprint density at radius 3 is 2.54 bits per heavy atom. The molecule has 0 aliphatic carbocycles. The first-order chi connectivity index (χ1) is 13.4. The fourth-order valence-corrected chi connectivity index (χ4v) is 3.27. The summed E-state index contributed by atoms with van der Waals surface area (Å²) in [6.45, 7) is 0. The summed E-state index contributed by atoms with van der Waals surface area (Å²) in [5.41, 5.74) is 5.02. The number of hydrogen-bond acceptors (Lipinski definition) is 3. The zero-order valence-electron chi connectivity index (χ0n) is 14.5. The molecule has 7 heteroatoms. The van der Waals surface area contributed by atoms with Gasteiger partial charge in [0.15, 0.2) is 0 Å². The topological polar surface area (TPSA) is 61.7 Å². The summed E-state index contributed by atoms with van der Waals surface area (Å²) < 4.78 is 0. The van der Waals surface area contributed by atoms with Crippen molar-refractivity contribution in [2.45, 2.75) is 6.42 Å². The van der Waals surface area contributed by atoms with Crippen LogP contribution >= 0.6 is 34.8 Å². The molecule has 28 heavy (non-hydrogen) atoms. The highest BCUT2D eigenvalue weighted by atomic mass is 35.5. The second-order valence-corrected chi connectivity index (χ2v) is 7.24. The van der Waals surface area contributed by atoms with Crippen LogP contribution in [-0.4, -0.2) is 17.2 Å². The molecule has 3 rings (SSSR count). The molecule has 0 atom stereocenters. The quantitative estimate of drug-likeness (QED) is 0.400. The molecule has 0 aliphatic heterocycles. The van der Waals surface area contributed by atoms with E-state index in [4.69, 9.17) is 34.8 Å². The monoisotopic (exact) mass is 432 g/mol. The van der Waals surface area contributed by atoms with Gasteiger partial charge in [-0.25, -0.2) is 5.43 Å². The van der Waals surface area contributed by atoms with E-state index in [1.165, 1.54) is 18.3 Å². The normalized spacial score (nSPS) is 11.0. The molecule has 0 radical (unpaired) electrons. The number of aromatic hydroxyl groups is 1. The van der Waals surface area contributed by atoms with E-state index in [9.17, 15) is 9.90 Å². The van der Waals surface area contributed by atoms with Crippen molar-refractivity contribution in [3.63, 3.8) is 0 Å². The number of hydrogen-bond donors (Lipinski definition) is 2. The van der Waals surface area contributed by atoms with Crippen LogP contribution in [0.25, 0.3) is 0 Å². The van der Waals surface area contributed by atoms with Gasteiger partial charge in [-0.3, -0.25) is 4.79 Å². The van der Waals surface area contributed by atoms with Gasteiger partial charge in [-0.2, -0.15) is 5.10 Å². The van der Waals surface area contributed by atoms with Crippen LogP contribution in [0.5, 0.6) is 5.75 Å². The molecule has 0 spiro atoms. The van der Waals surface area contributed by atoms with E-state index in [0.717, 1.165) is 11.1 Å². The molecule has 0 aliphatic rings. The number of carbonyl (C=O) groups is 1. The minimum Gasteiger partial charge on any atom is -0.507 e. The Morgan fingerprint density at radius 1 is 1.00 bits per heavy atom. The molecule has 0 saturated carbocycles. The Morgan fingerprint density at radius 2 is 1.79 bits per heavy atom. The maximum atomic E-state index is 12.2. The fourth-order valence-electron chi connectivity index (χ4n) is 2.57. The summed E-state index contributed by atoms with van der Waals surface area (Å²) in [6.07, 6.45) is 1.97. The van der Waals surface area contributed by atoms with Crippen LogP contribution in [0, 0.1) is 0 Å². The number of halogens is 3. The van der Waals surface area contributed by atoms with Crippen molar-refractivity contribution in [2.24, 2.45) is 5.10 Å². The van der Waals surface area contributed by atoms with E-state index >= 15 is 0 Å². The van der Waals surface area contributed by atoms with Crippen LogP contribution in [0.15, 0.2) is 65.8 Å². The standard InChI is InChI=1S/C21H15Cl3N2O2/c22-16-6-7-17(19(24)11-16)21(28)26-25-12-15-10-13(5-8-20(15)27)9-14-3-1-2-4-18(14)23/h1-8,10-12,27H,9H2,(H,26,28)/b25-12-. The van der Waals surface area contributed by atoms with Crippen LogP contribution in [0.3, 0.4) is 0 Å². The van der Waals surface area contributed by atoms with E-state index in [1.54, 1.807) is 18.2 Å². The molecule has 2 N–H and O–H groups in total. The van der Waals surface area contributed by atoms with Crippen LogP contribution in [0.4, 0.5) is 0 Å². The Hall–Kier alpha value is -2.53. The summed E-state index contributed by atoms with van der Waals surface area (Å²) >= 11 is 18.0. The number of rotatable bonds is 5. The zero-order chi connectivity index (χ0) is 20.1. The van der Waals surface area contributed by atoms with Crippen molar-refractivity contribution in [2.75, 3.05) is 0 Å². The lowest BCUT2D eigenvalue weighted by Gasteiger charge is -2.07. The third-order valence-corrected chi connectivity index (χ3v) is 4.91. The van der Waals surface area contributed by atoms with Gasteiger partial charge in [0.05, 0.1) is 16.8 Å². The smallest absolute Gasteiger partial charge is 0.272 e. The second kappa shape index (κ2) is 9.11. The highest BCUT2D eigenvalue weighted by molar-refractivity contribution is 6.36. The number of hydrazone groups is 1. The first-order valence-corrected chi connectivity index (χ1v) is 9.41. The minimum atomic E-state index is -0.482. The van der Waals surface area contributed by atoms with Crippen LogP contribution in [-0.2, 0) is 6.42 Å². The Balaban J connectivity index is 1.73. The van der Waals surface area contributed by atoms with Gasteiger partial charge in [-0.1, -0.05) is 59.1 Å². The van der Waals surface area contributed by atoms with Crippen molar-refractivity contribution < 1.29 is 9.90 Å². The molecule has 0 unspecified atom stereocenters. The maximum absolute atomic E-state index is 12.2. The van der Waals surface area contributed by atoms with Crippen molar-refractivity contribution in [3.05, 3.63) is 98.0 Å². The molecule has 3 aromatic carbocycles. The number of carbonyl (C=O) groups excluding carboxylic acids is 1. The lowest BCUT2D eigenvalue weighted by atomic mass is 10.0. The third kappa shape index (κ3) is 5.04. The number of amides is 1. The van der Waals surface area contributed by atoms with Gasteiger partial charge in [0.1, 0.15) is 5.75 Å². The van der Waals surface area contributed by atoms with Crippen LogP contribution in [0.1, 0.15) is 27.0 Å². The molecule has 3 aromatic rings. The van der Waals surface area contributed by atoms with Crippen LogP contribution in [0.2, 0.25) is 15.1 Å². The minimum absolute atomic E-state index is 0.0467. The number of benzene rings is 3. The molecule has 1 amide bonds. The molecular weight excluding hydrogens is 419 g/mol. The van der Waals surface area contributed by atoms with Gasteiger partial charge in [0, 0.05) is 15.6 Å². The predicted octanol–water partition coefficient (Wildman–Crippen LogP) is 5.71. The maximum Gasteiger partial charge on any atom is 0.272 e. The van der Waals surface area contributed by atoms with Crippen LogP contribution < -0.4 is 5.43 Å². The first-order valence-electron chi connectivity index (χ1n) is 8.28. The Bertz CT molecular complexity index is 1050. The average molecular weight is 434 g/mol. The van der Waals surface area contributed by atoms with Crippen molar-refractivity contribution in [1.29, 1.82) is 0 Å². The third-order valence-electron chi connectivity index (χ3n) is 3.99. The van der Waals surface area contributed by atoms with E-state index in [0.29, 0.717) is 22.0 Å². The van der Waals surface area contributed by atoms with Crippen molar-refractivity contribution in [3.8, 4) is 5.75 Å². The molecule has 0 heterocycles. The van der Waals surface area contributed by atoms with Gasteiger partial charge < -0.3 is 5.11 Å². The number of phenolic OH excluding ortho intramolecular Hbond substituents is 1. The lowest BCUT2D eigenvalue weighted by molar-refractivity contribution is 0.0955. The van der Waals surface area contributed by atoms with Crippen molar-refractivity contribution in [1.82, 2.24) is 5.43 Å². The Labute approximate surface area is 177 Å². The van der Waals surface area contributed by atoms with Gasteiger partial charge in [-0.15, -0.1) is 0 Å².